The van der Waals surface area contributed by atoms with E-state index >= 15 is 0 Å². The Balaban J connectivity index is 1.64. The maximum Gasteiger partial charge on any atom is 0.323 e. The molecule has 0 bridgehead atoms. The second kappa shape index (κ2) is 5.77. The normalized spacial score (nSPS) is 10.7. The first-order valence-electron chi connectivity index (χ1n) is 6.86. The summed E-state index contributed by atoms with van der Waals surface area (Å²) in [7, 11) is 0. The Bertz CT molecular complexity index is 879. The molecule has 1 amide bonds. The molecule has 0 spiro atoms. The molecule has 0 saturated carbocycles. The minimum atomic E-state index is -0.254. The van der Waals surface area contributed by atoms with Crippen molar-refractivity contribution in [2.24, 2.45) is 0 Å². The van der Waals surface area contributed by atoms with Crippen LogP contribution in [-0.4, -0.2) is 21.0 Å². The zero-order chi connectivity index (χ0) is 15.5. The van der Waals surface area contributed by atoms with Crippen LogP contribution in [-0.2, 0) is 17.8 Å². The summed E-state index contributed by atoms with van der Waals surface area (Å²) in [5.74, 6) is -0.0619. The number of amides is 1. The van der Waals surface area contributed by atoms with Crippen molar-refractivity contribution in [2.75, 3.05) is 0 Å². The third kappa shape index (κ3) is 3.01. The number of hydrogen-bond acceptors (Lipinski definition) is 3. The number of carbonyl (C=O) groups excluding carboxylic acids is 1. The van der Waals surface area contributed by atoms with Gasteiger partial charge in [0.05, 0.1) is 17.5 Å². The molecule has 0 aliphatic heterocycles. The average molecular weight is 297 g/mol. The first kappa shape index (κ1) is 13.9. The zero-order valence-corrected chi connectivity index (χ0v) is 11.7. The van der Waals surface area contributed by atoms with Gasteiger partial charge in [0, 0.05) is 12.1 Å². The standard InChI is InChI=1S/C16H15N3O3/c20-14-4-2-1-3-11(14)8-15(21)17-9-10-5-6-12-13(7-10)19-16(22)18-12/h1-7,20H,8-9H2,(H,17,21)(H2,18,19,22). The fourth-order valence-electron chi connectivity index (χ4n) is 2.29. The van der Waals surface area contributed by atoms with E-state index in [1.165, 1.54) is 0 Å². The number of rotatable bonds is 4. The molecule has 0 saturated heterocycles. The molecule has 3 aromatic rings. The second-order valence-electron chi connectivity index (χ2n) is 5.04. The summed E-state index contributed by atoms with van der Waals surface area (Å²) in [6, 6.07) is 12.2. The van der Waals surface area contributed by atoms with E-state index in [9.17, 15) is 14.7 Å². The molecule has 0 atom stereocenters. The Morgan fingerprint density at radius 2 is 1.86 bits per heavy atom. The van der Waals surface area contributed by atoms with Gasteiger partial charge in [-0.05, 0) is 23.8 Å². The summed E-state index contributed by atoms with van der Waals surface area (Å²) in [5, 5.41) is 12.4. The molecule has 112 valence electrons. The van der Waals surface area contributed by atoms with Crippen molar-refractivity contribution in [1.82, 2.24) is 15.3 Å². The Kier molecular flexibility index (Phi) is 3.65. The molecule has 0 radical (unpaired) electrons. The predicted octanol–water partition coefficient (Wildman–Crippen LogP) is 1.42. The Labute approximate surface area is 125 Å². The monoisotopic (exact) mass is 297 g/mol. The SMILES string of the molecule is O=C(Cc1ccccc1O)NCc1ccc2[nH]c(=O)[nH]c2c1. The van der Waals surface area contributed by atoms with Crippen LogP contribution < -0.4 is 11.0 Å². The number of benzene rings is 2. The number of carbonyl (C=O) groups is 1. The summed E-state index contributed by atoms with van der Waals surface area (Å²) >= 11 is 0. The van der Waals surface area contributed by atoms with E-state index in [-0.39, 0.29) is 23.8 Å². The van der Waals surface area contributed by atoms with Crippen LogP contribution in [0.3, 0.4) is 0 Å². The molecule has 4 N–H and O–H groups in total. The molecular formula is C16H15N3O3. The van der Waals surface area contributed by atoms with Gasteiger partial charge in [-0.3, -0.25) is 4.79 Å². The minimum Gasteiger partial charge on any atom is -0.508 e. The number of aromatic hydroxyl groups is 1. The third-order valence-electron chi connectivity index (χ3n) is 3.41. The number of para-hydroxylation sites is 1. The summed E-state index contributed by atoms with van der Waals surface area (Å²) in [5.41, 5.74) is 2.65. The van der Waals surface area contributed by atoms with Crippen LogP contribution in [0.2, 0.25) is 0 Å². The fourth-order valence-corrected chi connectivity index (χ4v) is 2.29. The molecule has 6 heteroatoms. The van der Waals surface area contributed by atoms with Gasteiger partial charge in [-0.15, -0.1) is 0 Å². The number of aromatic amines is 2. The van der Waals surface area contributed by atoms with E-state index in [0.717, 1.165) is 11.1 Å². The highest BCUT2D eigenvalue weighted by Gasteiger charge is 2.07. The molecular weight excluding hydrogens is 282 g/mol. The minimum absolute atomic E-state index is 0.115. The van der Waals surface area contributed by atoms with Crippen LogP contribution in [0.4, 0.5) is 0 Å². The first-order valence-corrected chi connectivity index (χ1v) is 6.86. The van der Waals surface area contributed by atoms with Gasteiger partial charge in [0.2, 0.25) is 5.91 Å². The van der Waals surface area contributed by atoms with E-state index in [0.29, 0.717) is 17.6 Å². The van der Waals surface area contributed by atoms with Crippen LogP contribution in [0.15, 0.2) is 47.3 Å². The maximum atomic E-state index is 11.9. The van der Waals surface area contributed by atoms with Gasteiger partial charge in [-0.2, -0.15) is 0 Å². The fraction of sp³-hybridized carbons (Fsp3) is 0.125. The van der Waals surface area contributed by atoms with Crippen LogP contribution in [0.1, 0.15) is 11.1 Å². The van der Waals surface area contributed by atoms with E-state index in [1.807, 2.05) is 12.1 Å². The largest absolute Gasteiger partial charge is 0.508 e. The number of nitrogens with one attached hydrogen (secondary N) is 3. The lowest BCUT2D eigenvalue weighted by atomic mass is 10.1. The summed E-state index contributed by atoms with van der Waals surface area (Å²) in [4.78, 5) is 28.5. The molecule has 0 fully saturated rings. The van der Waals surface area contributed by atoms with Gasteiger partial charge < -0.3 is 20.4 Å². The molecule has 2 aromatic carbocycles. The molecule has 22 heavy (non-hydrogen) atoms. The highest BCUT2D eigenvalue weighted by Crippen LogP contribution is 2.16. The number of phenolic OH excluding ortho intramolecular Hbond substituents is 1. The van der Waals surface area contributed by atoms with Crippen LogP contribution in [0, 0.1) is 0 Å². The topological polar surface area (TPSA) is 98.0 Å². The second-order valence-corrected chi connectivity index (χ2v) is 5.04. The van der Waals surface area contributed by atoms with Gasteiger partial charge in [0.25, 0.3) is 0 Å². The van der Waals surface area contributed by atoms with Crippen molar-refractivity contribution in [3.63, 3.8) is 0 Å². The molecule has 0 aliphatic rings. The molecule has 1 aromatic heterocycles. The number of phenols is 1. The van der Waals surface area contributed by atoms with Crippen LogP contribution >= 0.6 is 0 Å². The molecule has 1 heterocycles. The number of H-pyrrole nitrogens is 2. The lowest BCUT2D eigenvalue weighted by Crippen LogP contribution is -2.24. The highest BCUT2D eigenvalue weighted by molar-refractivity contribution is 5.79. The summed E-state index contributed by atoms with van der Waals surface area (Å²) in [6.07, 6.45) is 0.121. The quantitative estimate of drug-likeness (QED) is 0.586. The predicted molar refractivity (Wildman–Crippen MR) is 82.6 cm³/mol. The smallest absolute Gasteiger partial charge is 0.323 e. The lowest BCUT2D eigenvalue weighted by molar-refractivity contribution is -0.120. The van der Waals surface area contributed by atoms with E-state index in [4.69, 9.17) is 0 Å². The van der Waals surface area contributed by atoms with Crippen molar-refractivity contribution in [1.29, 1.82) is 0 Å². The van der Waals surface area contributed by atoms with Gasteiger partial charge in [-0.1, -0.05) is 24.3 Å². The molecule has 3 rings (SSSR count). The van der Waals surface area contributed by atoms with Crippen molar-refractivity contribution in [2.45, 2.75) is 13.0 Å². The summed E-state index contributed by atoms with van der Waals surface area (Å²) < 4.78 is 0. The molecule has 0 unspecified atom stereocenters. The van der Waals surface area contributed by atoms with Crippen molar-refractivity contribution < 1.29 is 9.90 Å². The van der Waals surface area contributed by atoms with Gasteiger partial charge >= 0.3 is 5.69 Å². The summed E-state index contributed by atoms with van der Waals surface area (Å²) in [6.45, 7) is 0.357. The van der Waals surface area contributed by atoms with Crippen LogP contribution in [0.5, 0.6) is 5.75 Å². The van der Waals surface area contributed by atoms with E-state index < -0.39 is 0 Å². The maximum absolute atomic E-state index is 11.9. The molecule has 0 aliphatic carbocycles. The number of imidazole rings is 1. The highest BCUT2D eigenvalue weighted by atomic mass is 16.3. The Morgan fingerprint density at radius 3 is 2.68 bits per heavy atom. The van der Waals surface area contributed by atoms with Crippen molar-refractivity contribution in [3.8, 4) is 5.75 Å². The van der Waals surface area contributed by atoms with E-state index in [1.54, 1.807) is 30.3 Å². The first-order chi connectivity index (χ1) is 10.6. The number of fused-ring (bicyclic) bond motifs is 1. The average Bonchev–Trinajstić information content (AvgIpc) is 2.87. The number of hydrogen-bond donors (Lipinski definition) is 4. The number of aromatic nitrogens is 2. The van der Waals surface area contributed by atoms with Crippen molar-refractivity contribution >= 4 is 16.9 Å². The zero-order valence-electron chi connectivity index (χ0n) is 11.7. The Hall–Kier alpha value is -3.02. The van der Waals surface area contributed by atoms with Crippen LogP contribution in [0.25, 0.3) is 11.0 Å². The van der Waals surface area contributed by atoms with E-state index in [2.05, 4.69) is 15.3 Å². The van der Waals surface area contributed by atoms with Gasteiger partial charge in [0.15, 0.2) is 0 Å². The van der Waals surface area contributed by atoms with Gasteiger partial charge in [-0.25, -0.2) is 4.79 Å². The van der Waals surface area contributed by atoms with Gasteiger partial charge in [0.1, 0.15) is 5.75 Å². The van der Waals surface area contributed by atoms with Crippen molar-refractivity contribution in [3.05, 3.63) is 64.1 Å². The Morgan fingerprint density at radius 1 is 1.09 bits per heavy atom. The lowest BCUT2D eigenvalue weighted by Gasteiger charge is -2.07. The molecule has 6 nitrogen and oxygen atoms in total. The third-order valence-corrected chi connectivity index (χ3v) is 3.41.